The molecule has 0 atom stereocenters. The first-order chi connectivity index (χ1) is 11.2. The second-order valence-corrected chi connectivity index (χ2v) is 5.09. The number of aromatic nitrogens is 2. The average molecular weight is 317 g/mol. The number of nitrogens with zero attached hydrogens (tertiary/aromatic N) is 2. The molecule has 1 heterocycles. The Morgan fingerprint density at radius 2 is 2.13 bits per heavy atom. The van der Waals surface area contributed by atoms with Gasteiger partial charge in [0.15, 0.2) is 6.73 Å². The quantitative estimate of drug-likeness (QED) is 0.721. The summed E-state index contributed by atoms with van der Waals surface area (Å²) in [6.45, 7) is 6.12. The van der Waals surface area contributed by atoms with Crippen molar-refractivity contribution in [2.75, 3.05) is 19.8 Å². The number of rotatable bonds is 9. The molecular formula is C17H23N3O3. The highest BCUT2D eigenvalue weighted by atomic mass is 16.5. The zero-order valence-corrected chi connectivity index (χ0v) is 13.6. The van der Waals surface area contributed by atoms with Gasteiger partial charge in [0.1, 0.15) is 11.4 Å². The third-order valence-electron chi connectivity index (χ3n) is 3.27. The van der Waals surface area contributed by atoms with Crippen LogP contribution in [0.3, 0.4) is 0 Å². The van der Waals surface area contributed by atoms with Crippen molar-refractivity contribution in [1.82, 2.24) is 15.1 Å². The van der Waals surface area contributed by atoms with Crippen LogP contribution >= 0.6 is 0 Å². The van der Waals surface area contributed by atoms with E-state index in [1.165, 1.54) is 0 Å². The predicted molar refractivity (Wildman–Crippen MR) is 87.5 cm³/mol. The topological polar surface area (TPSA) is 65.4 Å². The summed E-state index contributed by atoms with van der Waals surface area (Å²) in [6.07, 6.45) is 2.52. The smallest absolute Gasteiger partial charge is 0.271 e. The molecule has 23 heavy (non-hydrogen) atoms. The number of ether oxygens (including phenoxy) is 2. The standard InChI is InChI=1S/C17H23N3O3/c1-3-22-12-6-10-18-17(21)15-9-11-20(19-15)13-23-16-8-5-4-7-14(16)2/h4-5,7-9,11H,3,6,10,12-13H2,1-2H3,(H,18,21). The van der Waals surface area contributed by atoms with Gasteiger partial charge in [-0.2, -0.15) is 5.10 Å². The van der Waals surface area contributed by atoms with Crippen LogP contribution in [-0.2, 0) is 11.5 Å². The third kappa shape index (κ3) is 5.41. The van der Waals surface area contributed by atoms with Crippen molar-refractivity contribution in [2.24, 2.45) is 0 Å². The van der Waals surface area contributed by atoms with Gasteiger partial charge in [0.2, 0.25) is 0 Å². The van der Waals surface area contributed by atoms with Crippen molar-refractivity contribution < 1.29 is 14.3 Å². The average Bonchev–Trinajstić information content (AvgIpc) is 3.03. The van der Waals surface area contributed by atoms with Crippen molar-refractivity contribution >= 4 is 5.91 Å². The second-order valence-electron chi connectivity index (χ2n) is 5.09. The molecule has 1 N–H and O–H groups in total. The summed E-state index contributed by atoms with van der Waals surface area (Å²) in [5.74, 6) is 0.626. The lowest BCUT2D eigenvalue weighted by Gasteiger charge is -2.08. The molecule has 0 saturated heterocycles. The Kier molecular flexibility index (Phi) is 6.62. The number of aryl methyl sites for hydroxylation is 1. The van der Waals surface area contributed by atoms with Crippen LogP contribution in [-0.4, -0.2) is 35.4 Å². The first-order valence-corrected chi connectivity index (χ1v) is 7.78. The largest absolute Gasteiger partial charge is 0.471 e. The molecule has 0 fully saturated rings. The highest BCUT2D eigenvalue weighted by Crippen LogP contribution is 2.16. The Bertz CT molecular complexity index is 625. The van der Waals surface area contributed by atoms with E-state index in [1.54, 1.807) is 16.9 Å². The minimum atomic E-state index is -0.184. The van der Waals surface area contributed by atoms with E-state index >= 15 is 0 Å². The third-order valence-corrected chi connectivity index (χ3v) is 3.27. The van der Waals surface area contributed by atoms with Gasteiger partial charge in [-0.1, -0.05) is 18.2 Å². The van der Waals surface area contributed by atoms with Crippen LogP contribution in [0.1, 0.15) is 29.4 Å². The molecule has 6 nitrogen and oxygen atoms in total. The molecule has 1 amide bonds. The molecule has 2 aromatic rings. The van der Waals surface area contributed by atoms with Crippen LogP contribution in [0.4, 0.5) is 0 Å². The Balaban J connectivity index is 1.78. The van der Waals surface area contributed by atoms with Crippen molar-refractivity contribution in [2.45, 2.75) is 27.0 Å². The van der Waals surface area contributed by atoms with E-state index in [4.69, 9.17) is 9.47 Å². The summed E-state index contributed by atoms with van der Waals surface area (Å²) < 4.78 is 12.5. The van der Waals surface area contributed by atoms with Gasteiger partial charge in [0, 0.05) is 26.0 Å². The Labute approximate surface area is 136 Å². The van der Waals surface area contributed by atoms with E-state index in [9.17, 15) is 4.79 Å². The number of hydrogen-bond donors (Lipinski definition) is 1. The van der Waals surface area contributed by atoms with Crippen molar-refractivity contribution in [1.29, 1.82) is 0 Å². The summed E-state index contributed by atoms with van der Waals surface area (Å²) in [4.78, 5) is 12.0. The fourth-order valence-electron chi connectivity index (χ4n) is 2.02. The van der Waals surface area contributed by atoms with Crippen LogP contribution < -0.4 is 10.1 Å². The van der Waals surface area contributed by atoms with Crippen molar-refractivity contribution in [3.05, 3.63) is 47.8 Å². The second kappa shape index (κ2) is 8.95. The van der Waals surface area contributed by atoms with Gasteiger partial charge in [-0.15, -0.1) is 0 Å². The lowest BCUT2D eigenvalue weighted by Crippen LogP contribution is -2.26. The van der Waals surface area contributed by atoms with Gasteiger partial charge < -0.3 is 14.8 Å². The summed E-state index contributed by atoms with van der Waals surface area (Å²) >= 11 is 0. The minimum absolute atomic E-state index is 0.184. The molecule has 1 aromatic carbocycles. The summed E-state index contributed by atoms with van der Waals surface area (Å²) in [5.41, 5.74) is 1.45. The fourth-order valence-corrected chi connectivity index (χ4v) is 2.02. The van der Waals surface area contributed by atoms with Crippen LogP contribution in [0.25, 0.3) is 0 Å². The van der Waals surface area contributed by atoms with Crippen LogP contribution in [0.5, 0.6) is 5.75 Å². The number of amides is 1. The molecule has 2 rings (SSSR count). The van der Waals surface area contributed by atoms with Crippen LogP contribution in [0.15, 0.2) is 36.5 Å². The van der Waals surface area contributed by atoms with Gasteiger partial charge in [0.25, 0.3) is 5.91 Å². The maximum Gasteiger partial charge on any atom is 0.271 e. The molecule has 0 unspecified atom stereocenters. The lowest BCUT2D eigenvalue weighted by molar-refractivity contribution is 0.0937. The number of carbonyl (C=O) groups is 1. The molecule has 0 aliphatic rings. The summed E-state index contributed by atoms with van der Waals surface area (Å²) in [7, 11) is 0. The number of hydrogen-bond acceptors (Lipinski definition) is 4. The van der Waals surface area contributed by atoms with Gasteiger partial charge in [-0.05, 0) is 38.0 Å². The molecule has 1 aromatic heterocycles. The zero-order chi connectivity index (χ0) is 16.5. The predicted octanol–water partition coefficient (Wildman–Crippen LogP) is 2.38. The van der Waals surface area contributed by atoms with E-state index in [1.807, 2.05) is 38.1 Å². The first-order valence-electron chi connectivity index (χ1n) is 7.78. The Morgan fingerprint density at radius 1 is 1.30 bits per heavy atom. The number of carbonyl (C=O) groups excluding carboxylic acids is 1. The van der Waals surface area contributed by atoms with Crippen LogP contribution in [0.2, 0.25) is 0 Å². The highest BCUT2D eigenvalue weighted by molar-refractivity contribution is 5.92. The SMILES string of the molecule is CCOCCCNC(=O)c1ccn(COc2ccccc2C)n1. The molecule has 0 bridgehead atoms. The molecule has 0 saturated carbocycles. The maximum atomic E-state index is 12.0. The minimum Gasteiger partial charge on any atom is -0.471 e. The van der Waals surface area contributed by atoms with Gasteiger partial charge >= 0.3 is 0 Å². The number of para-hydroxylation sites is 1. The molecule has 6 heteroatoms. The molecule has 124 valence electrons. The van der Waals surface area contributed by atoms with Crippen molar-refractivity contribution in [3.8, 4) is 5.75 Å². The van der Waals surface area contributed by atoms with E-state index in [-0.39, 0.29) is 12.6 Å². The maximum absolute atomic E-state index is 12.0. The fraction of sp³-hybridized carbons (Fsp3) is 0.412. The van der Waals surface area contributed by atoms with E-state index in [0.717, 1.165) is 17.7 Å². The van der Waals surface area contributed by atoms with Gasteiger partial charge in [0.05, 0.1) is 0 Å². The van der Waals surface area contributed by atoms with Gasteiger partial charge in [-0.25, -0.2) is 4.68 Å². The number of benzene rings is 1. The highest BCUT2D eigenvalue weighted by Gasteiger charge is 2.09. The molecule has 0 aliphatic heterocycles. The summed E-state index contributed by atoms with van der Waals surface area (Å²) in [5, 5.41) is 7.04. The first kappa shape index (κ1) is 17.0. The monoisotopic (exact) mass is 317 g/mol. The summed E-state index contributed by atoms with van der Waals surface area (Å²) in [6, 6.07) is 9.46. The zero-order valence-electron chi connectivity index (χ0n) is 13.6. The molecule has 0 aliphatic carbocycles. The van der Waals surface area contributed by atoms with Gasteiger partial charge in [-0.3, -0.25) is 4.79 Å². The van der Waals surface area contributed by atoms with E-state index in [0.29, 0.717) is 25.5 Å². The Morgan fingerprint density at radius 3 is 2.91 bits per heavy atom. The normalized spacial score (nSPS) is 10.5. The number of nitrogens with one attached hydrogen (secondary N) is 1. The van der Waals surface area contributed by atoms with E-state index in [2.05, 4.69) is 10.4 Å². The molecular weight excluding hydrogens is 294 g/mol. The molecule has 0 radical (unpaired) electrons. The lowest BCUT2D eigenvalue weighted by atomic mass is 10.2. The van der Waals surface area contributed by atoms with Crippen LogP contribution in [0, 0.1) is 6.92 Å². The van der Waals surface area contributed by atoms with Crippen molar-refractivity contribution in [3.63, 3.8) is 0 Å². The molecule has 0 spiro atoms. The van der Waals surface area contributed by atoms with E-state index < -0.39 is 0 Å². The Hall–Kier alpha value is -2.34.